The molecule has 0 unspecified atom stereocenters. The van der Waals surface area contributed by atoms with Crippen LogP contribution in [0.4, 0.5) is 5.82 Å². The number of anilines is 1. The van der Waals surface area contributed by atoms with Crippen LogP contribution in [0.5, 0.6) is 0 Å². The number of rotatable bonds is 4. The summed E-state index contributed by atoms with van der Waals surface area (Å²) in [6, 6.07) is 3.92. The molecule has 7 heteroatoms. The van der Waals surface area contributed by atoms with Crippen LogP contribution in [0.2, 0.25) is 0 Å². The largest absolute Gasteiger partial charge is 0.353 e. The molecular weight excluding hydrogens is 338 g/mol. The molecule has 0 radical (unpaired) electrons. The third kappa shape index (κ3) is 3.13. The van der Waals surface area contributed by atoms with E-state index in [0.29, 0.717) is 18.3 Å². The van der Waals surface area contributed by atoms with Crippen molar-refractivity contribution in [1.29, 1.82) is 0 Å². The molecule has 0 spiro atoms. The Bertz CT molecular complexity index is 977. The van der Waals surface area contributed by atoms with E-state index in [2.05, 4.69) is 20.2 Å². The number of nitrogens with two attached hydrogens (primary N) is 1. The number of hydrogen-bond donors (Lipinski definition) is 2. The van der Waals surface area contributed by atoms with E-state index in [-0.39, 0.29) is 0 Å². The number of hydrogen-bond acceptors (Lipinski definition) is 7. The first-order valence-corrected chi connectivity index (χ1v) is 9.60. The van der Waals surface area contributed by atoms with E-state index in [1.807, 2.05) is 24.5 Å². The van der Waals surface area contributed by atoms with Gasteiger partial charge in [-0.2, -0.15) is 0 Å². The maximum atomic E-state index is 5.77. The molecule has 138 valence electrons. The van der Waals surface area contributed by atoms with Gasteiger partial charge in [0.05, 0.1) is 17.4 Å². The van der Waals surface area contributed by atoms with Gasteiger partial charge in [0.2, 0.25) is 0 Å². The van der Waals surface area contributed by atoms with Gasteiger partial charge in [-0.05, 0) is 36.5 Å². The van der Waals surface area contributed by atoms with E-state index >= 15 is 0 Å². The monoisotopic (exact) mass is 361 g/mol. The summed E-state index contributed by atoms with van der Waals surface area (Å²) in [6.45, 7) is 4.23. The second kappa shape index (κ2) is 6.83. The standard InChI is InChI=1S/C20H23N7/c21-10-15-9-14(3-4-24-15)19-25-17-12-23-11-16(13-1-2-13)18(17)20(26-19)27-7-5-22-6-8-27/h3-4,9,11-13,22H,1-2,5-8,10,21H2. The van der Waals surface area contributed by atoms with Gasteiger partial charge in [0, 0.05) is 56.1 Å². The first-order valence-electron chi connectivity index (χ1n) is 9.60. The summed E-state index contributed by atoms with van der Waals surface area (Å²) in [5.74, 6) is 2.34. The lowest BCUT2D eigenvalue weighted by Gasteiger charge is -2.30. The lowest BCUT2D eigenvalue weighted by molar-refractivity contribution is 0.586. The van der Waals surface area contributed by atoms with Crippen LogP contribution in [-0.2, 0) is 6.54 Å². The minimum absolute atomic E-state index is 0.402. The molecule has 27 heavy (non-hydrogen) atoms. The maximum Gasteiger partial charge on any atom is 0.162 e. The fraction of sp³-hybridized carbons (Fsp3) is 0.400. The highest BCUT2D eigenvalue weighted by Crippen LogP contribution is 2.44. The molecule has 0 aromatic carbocycles. The lowest BCUT2D eigenvalue weighted by Crippen LogP contribution is -2.44. The second-order valence-electron chi connectivity index (χ2n) is 7.24. The first kappa shape index (κ1) is 16.5. The van der Waals surface area contributed by atoms with Crippen LogP contribution < -0.4 is 16.0 Å². The molecule has 0 bridgehead atoms. The summed E-state index contributed by atoms with van der Waals surface area (Å²) >= 11 is 0. The predicted octanol–water partition coefficient (Wildman–Crippen LogP) is 1.83. The Kier molecular flexibility index (Phi) is 4.18. The fourth-order valence-electron chi connectivity index (χ4n) is 3.76. The van der Waals surface area contributed by atoms with Gasteiger partial charge in [0.25, 0.3) is 0 Å². The molecule has 0 atom stereocenters. The summed E-state index contributed by atoms with van der Waals surface area (Å²) in [5.41, 5.74) is 9.77. The van der Waals surface area contributed by atoms with Crippen molar-refractivity contribution in [3.8, 4) is 11.4 Å². The number of nitrogens with one attached hydrogen (secondary N) is 1. The van der Waals surface area contributed by atoms with Crippen molar-refractivity contribution in [2.24, 2.45) is 5.73 Å². The summed E-state index contributed by atoms with van der Waals surface area (Å²) in [6.07, 6.45) is 8.10. The number of piperazine rings is 1. The van der Waals surface area contributed by atoms with Crippen LogP contribution in [0.1, 0.15) is 30.0 Å². The minimum atomic E-state index is 0.402. The van der Waals surface area contributed by atoms with E-state index in [1.165, 1.54) is 23.8 Å². The molecule has 3 N–H and O–H groups in total. The highest BCUT2D eigenvalue weighted by molar-refractivity contribution is 5.94. The lowest BCUT2D eigenvalue weighted by atomic mass is 10.1. The molecule has 7 nitrogen and oxygen atoms in total. The first-order chi connectivity index (χ1) is 13.3. The zero-order valence-electron chi connectivity index (χ0n) is 15.2. The number of fused-ring (bicyclic) bond motifs is 1. The van der Waals surface area contributed by atoms with Crippen LogP contribution in [-0.4, -0.2) is 46.1 Å². The topological polar surface area (TPSA) is 92.8 Å². The van der Waals surface area contributed by atoms with Gasteiger partial charge in [-0.15, -0.1) is 0 Å². The second-order valence-corrected chi connectivity index (χ2v) is 7.24. The molecule has 3 aromatic rings. The summed E-state index contributed by atoms with van der Waals surface area (Å²) in [7, 11) is 0. The molecule has 1 aliphatic heterocycles. The van der Waals surface area contributed by atoms with Gasteiger partial charge in [0.1, 0.15) is 5.82 Å². The quantitative estimate of drug-likeness (QED) is 0.732. The van der Waals surface area contributed by atoms with Crippen LogP contribution in [0.3, 0.4) is 0 Å². The summed E-state index contributed by atoms with van der Waals surface area (Å²) in [5, 5.41) is 4.60. The third-order valence-electron chi connectivity index (χ3n) is 5.33. The highest BCUT2D eigenvalue weighted by atomic mass is 15.2. The zero-order valence-corrected chi connectivity index (χ0v) is 15.2. The van der Waals surface area contributed by atoms with Gasteiger partial charge in [-0.1, -0.05) is 0 Å². The average Bonchev–Trinajstić information content (AvgIpc) is 3.58. The molecule has 3 aromatic heterocycles. The smallest absolute Gasteiger partial charge is 0.162 e. The summed E-state index contributed by atoms with van der Waals surface area (Å²) < 4.78 is 0. The number of aromatic nitrogens is 4. The summed E-state index contributed by atoms with van der Waals surface area (Å²) in [4.78, 5) is 21.0. The normalized spacial score (nSPS) is 17.4. The highest BCUT2D eigenvalue weighted by Gasteiger charge is 2.29. The zero-order chi connectivity index (χ0) is 18.2. The van der Waals surface area contributed by atoms with E-state index in [4.69, 9.17) is 15.7 Å². The molecule has 1 aliphatic carbocycles. The van der Waals surface area contributed by atoms with E-state index < -0.39 is 0 Å². The van der Waals surface area contributed by atoms with Crippen molar-refractivity contribution in [2.45, 2.75) is 25.3 Å². The van der Waals surface area contributed by atoms with Gasteiger partial charge < -0.3 is 16.0 Å². The molecule has 1 saturated heterocycles. The Balaban J connectivity index is 1.71. The fourth-order valence-corrected chi connectivity index (χ4v) is 3.76. The van der Waals surface area contributed by atoms with Crippen molar-refractivity contribution in [1.82, 2.24) is 25.3 Å². The van der Waals surface area contributed by atoms with Gasteiger partial charge in [-0.25, -0.2) is 9.97 Å². The molecule has 2 fully saturated rings. The predicted molar refractivity (Wildman–Crippen MR) is 106 cm³/mol. The maximum absolute atomic E-state index is 5.77. The van der Waals surface area contributed by atoms with Gasteiger partial charge in [-0.3, -0.25) is 9.97 Å². The Morgan fingerprint density at radius 2 is 2.00 bits per heavy atom. The van der Waals surface area contributed by atoms with Crippen molar-refractivity contribution in [3.05, 3.63) is 42.0 Å². The number of nitrogens with zero attached hydrogens (tertiary/aromatic N) is 5. The Labute approximate surface area is 158 Å². The third-order valence-corrected chi connectivity index (χ3v) is 5.33. The van der Waals surface area contributed by atoms with Crippen molar-refractivity contribution in [2.75, 3.05) is 31.1 Å². The van der Waals surface area contributed by atoms with Crippen LogP contribution in [0.15, 0.2) is 30.7 Å². The molecular formula is C20H23N7. The van der Waals surface area contributed by atoms with Crippen LogP contribution in [0.25, 0.3) is 22.3 Å². The van der Waals surface area contributed by atoms with E-state index in [1.54, 1.807) is 6.20 Å². The van der Waals surface area contributed by atoms with Crippen molar-refractivity contribution < 1.29 is 0 Å². The molecule has 5 rings (SSSR count). The minimum Gasteiger partial charge on any atom is -0.353 e. The Morgan fingerprint density at radius 3 is 2.78 bits per heavy atom. The van der Waals surface area contributed by atoms with Gasteiger partial charge >= 0.3 is 0 Å². The molecule has 1 saturated carbocycles. The van der Waals surface area contributed by atoms with Crippen molar-refractivity contribution in [3.63, 3.8) is 0 Å². The Morgan fingerprint density at radius 1 is 1.15 bits per heavy atom. The SMILES string of the molecule is NCc1cc(-c2nc(N3CCNCC3)c3c(C4CC4)cncc3n2)ccn1. The molecule has 0 amide bonds. The van der Waals surface area contributed by atoms with E-state index in [9.17, 15) is 0 Å². The van der Waals surface area contributed by atoms with E-state index in [0.717, 1.165) is 48.8 Å². The van der Waals surface area contributed by atoms with Crippen molar-refractivity contribution >= 4 is 16.7 Å². The molecule has 4 heterocycles. The number of pyridine rings is 2. The Hall–Kier alpha value is -2.64. The van der Waals surface area contributed by atoms with Crippen LogP contribution >= 0.6 is 0 Å². The van der Waals surface area contributed by atoms with Gasteiger partial charge in [0.15, 0.2) is 5.82 Å². The molecule has 2 aliphatic rings. The average molecular weight is 361 g/mol. The van der Waals surface area contributed by atoms with Crippen LogP contribution in [0, 0.1) is 0 Å².